The zero-order valence-electron chi connectivity index (χ0n) is 10.1. The quantitative estimate of drug-likeness (QED) is 0.833. The van der Waals surface area contributed by atoms with E-state index in [9.17, 15) is 9.59 Å². The standard InChI is InChI=1S/C13H15NO4/c1-2-18-9-5-3-4-8(6-9)14-12(15)10-7-11(10)13(16)17/h3-6,10-11H,2,7H2,1H3,(H,14,15)(H,16,17). The number of amides is 1. The third-order valence-corrected chi connectivity index (χ3v) is 2.86. The molecule has 96 valence electrons. The number of carbonyl (C=O) groups is 2. The largest absolute Gasteiger partial charge is 0.494 e. The smallest absolute Gasteiger partial charge is 0.307 e. The van der Waals surface area contributed by atoms with Crippen LogP contribution in [0, 0.1) is 11.8 Å². The SMILES string of the molecule is CCOc1cccc(NC(=O)C2CC2C(=O)O)c1. The van der Waals surface area contributed by atoms with E-state index in [0.717, 1.165) is 0 Å². The number of benzene rings is 1. The molecule has 0 bridgehead atoms. The Labute approximate surface area is 105 Å². The molecule has 0 saturated heterocycles. The second-order valence-electron chi connectivity index (χ2n) is 4.24. The van der Waals surface area contributed by atoms with Gasteiger partial charge in [0.15, 0.2) is 0 Å². The molecule has 1 aliphatic carbocycles. The maximum Gasteiger partial charge on any atom is 0.307 e. The van der Waals surface area contributed by atoms with Gasteiger partial charge in [0.1, 0.15) is 5.75 Å². The molecule has 2 atom stereocenters. The monoisotopic (exact) mass is 249 g/mol. The van der Waals surface area contributed by atoms with Crippen LogP contribution < -0.4 is 10.1 Å². The van der Waals surface area contributed by atoms with Crippen molar-refractivity contribution >= 4 is 17.6 Å². The minimum atomic E-state index is -0.904. The number of anilines is 1. The normalized spacial score (nSPS) is 21.2. The number of ether oxygens (including phenoxy) is 1. The second kappa shape index (κ2) is 5.08. The van der Waals surface area contributed by atoms with Crippen molar-refractivity contribution in [2.45, 2.75) is 13.3 Å². The van der Waals surface area contributed by atoms with Gasteiger partial charge in [-0.1, -0.05) is 6.07 Å². The van der Waals surface area contributed by atoms with Crippen molar-refractivity contribution in [1.82, 2.24) is 0 Å². The highest BCUT2D eigenvalue weighted by Gasteiger charge is 2.48. The molecule has 0 aromatic heterocycles. The first-order chi connectivity index (χ1) is 8.61. The molecule has 0 aliphatic heterocycles. The number of carboxylic acids is 1. The molecular weight excluding hydrogens is 234 g/mol. The van der Waals surface area contributed by atoms with Crippen molar-refractivity contribution in [3.63, 3.8) is 0 Å². The molecule has 1 aromatic carbocycles. The maximum absolute atomic E-state index is 11.7. The van der Waals surface area contributed by atoms with Crippen molar-refractivity contribution in [3.8, 4) is 5.75 Å². The molecule has 2 unspecified atom stereocenters. The molecule has 2 N–H and O–H groups in total. The summed E-state index contributed by atoms with van der Waals surface area (Å²) < 4.78 is 5.32. The van der Waals surface area contributed by atoms with Crippen LogP contribution in [0.1, 0.15) is 13.3 Å². The first-order valence-electron chi connectivity index (χ1n) is 5.88. The third kappa shape index (κ3) is 2.80. The third-order valence-electron chi connectivity index (χ3n) is 2.86. The Balaban J connectivity index is 1.95. The van der Waals surface area contributed by atoms with Gasteiger partial charge in [0.2, 0.25) is 5.91 Å². The van der Waals surface area contributed by atoms with Gasteiger partial charge in [0.05, 0.1) is 18.4 Å². The van der Waals surface area contributed by atoms with Crippen LogP contribution in [-0.4, -0.2) is 23.6 Å². The van der Waals surface area contributed by atoms with Gasteiger partial charge in [0.25, 0.3) is 0 Å². The topological polar surface area (TPSA) is 75.6 Å². The summed E-state index contributed by atoms with van der Waals surface area (Å²) >= 11 is 0. The van der Waals surface area contributed by atoms with Crippen molar-refractivity contribution in [2.75, 3.05) is 11.9 Å². The van der Waals surface area contributed by atoms with Crippen LogP contribution in [0.3, 0.4) is 0 Å². The van der Waals surface area contributed by atoms with Crippen LogP contribution in [0.5, 0.6) is 5.75 Å². The lowest BCUT2D eigenvalue weighted by Crippen LogP contribution is -2.16. The van der Waals surface area contributed by atoms with E-state index in [-0.39, 0.29) is 5.91 Å². The Morgan fingerprint density at radius 1 is 1.44 bits per heavy atom. The number of hydrogen-bond acceptors (Lipinski definition) is 3. The van der Waals surface area contributed by atoms with E-state index in [2.05, 4.69) is 5.32 Å². The highest BCUT2D eigenvalue weighted by atomic mass is 16.5. The summed E-state index contributed by atoms with van der Waals surface area (Å²) in [6, 6.07) is 7.05. The average molecular weight is 249 g/mol. The van der Waals surface area contributed by atoms with Crippen molar-refractivity contribution < 1.29 is 19.4 Å². The predicted octanol–water partition coefficient (Wildman–Crippen LogP) is 1.74. The predicted molar refractivity (Wildman–Crippen MR) is 65.5 cm³/mol. The Kier molecular flexibility index (Phi) is 3.50. The highest BCUT2D eigenvalue weighted by Crippen LogP contribution is 2.39. The van der Waals surface area contributed by atoms with Gasteiger partial charge in [0, 0.05) is 11.8 Å². The van der Waals surface area contributed by atoms with E-state index in [0.29, 0.717) is 24.5 Å². The molecule has 1 aliphatic rings. The Morgan fingerprint density at radius 2 is 2.22 bits per heavy atom. The van der Waals surface area contributed by atoms with Crippen molar-refractivity contribution in [2.24, 2.45) is 11.8 Å². The first-order valence-corrected chi connectivity index (χ1v) is 5.88. The van der Waals surface area contributed by atoms with Crippen LogP contribution in [0.4, 0.5) is 5.69 Å². The molecule has 5 nitrogen and oxygen atoms in total. The van der Waals surface area contributed by atoms with Gasteiger partial charge < -0.3 is 15.2 Å². The zero-order chi connectivity index (χ0) is 13.1. The summed E-state index contributed by atoms with van der Waals surface area (Å²) in [7, 11) is 0. The van der Waals surface area contributed by atoms with E-state index < -0.39 is 17.8 Å². The number of carbonyl (C=O) groups excluding carboxylic acids is 1. The van der Waals surface area contributed by atoms with Gasteiger partial charge in [-0.25, -0.2) is 0 Å². The molecule has 0 heterocycles. The van der Waals surface area contributed by atoms with Gasteiger partial charge in [-0.2, -0.15) is 0 Å². The van der Waals surface area contributed by atoms with Gasteiger partial charge in [-0.15, -0.1) is 0 Å². The molecular formula is C13H15NO4. The first kappa shape index (κ1) is 12.4. The molecule has 1 saturated carbocycles. The molecule has 0 radical (unpaired) electrons. The summed E-state index contributed by atoms with van der Waals surface area (Å²) in [6.45, 7) is 2.44. The Morgan fingerprint density at radius 3 is 2.83 bits per heavy atom. The molecule has 5 heteroatoms. The molecule has 1 amide bonds. The van der Waals surface area contributed by atoms with Crippen molar-refractivity contribution in [3.05, 3.63) is 24.3 Å². The second-order valence-corrected chi connectivity index (χ2v) is 4.24. The summed E-state index contributed by atoms with van der Waals surface area (Å²) in [6.07, 6.45) is 0.423. The number of aliphatic carboxylic acids is 1. The summed E-state index contributed by atoms with van der Waals surface area (Å²) in [5, 5.41) is 11.5. The lowest BCUT2D eigenvalue weighted by molar-refractivity contribution is -0.139. The molecule has 2 rings (SSSR count). The fraction of sp³-hybridized carbons (Fsp3) is 0.385. The summed E-state index contributed by atoms with van der Waals surface area (Å²) in [4.78, 5) is 22.4. The van der Waals surface area contributed by atoms with Crippen LogP contribution in [-0.2, 0) is 9.59 Å². The van der Waals surface area contributed by atoms with E-state index >= 15 is 0 Å². The van der Waals surface area contributed by atoms with Crippen LogP contribution in [0.2, 0.25) is 0 Å². The number of rotatable bonds is 5. The molecule has 1 aromatic rings. The van der Waals surface area contributed by atoms with Crippen LogP contribution in [0.15, 0.2) is 24.3 Å². The molecule has 18 heavy (non-hydrogen) atoms. The Bertz CT molecular complexity index is 472. The van der Waals surface area contributed by atoms with Gasteiger partial charge in [-0.05, 0) is 25.5 Å². The minimum Gasteiger partial charge on any atom is -0.494 e. The Hall–Kier alpha value is -2.04. The summed E-state index contributed by atoms with van der Waals surface area (Å²) in [5.41, 5.74) is 0.627. The summed E-state index contributed by atoms with van der Waals surface area (Å²) in [5.74, 6) is -1.39. The van der Waals surface area contributed by atoms with Crippen LogP contribution >= 0.6 is 0 Å². The molecule has 0 spiro atoms. The van der Waals surface area contributed by atoms with Gasteiger partial charge in [-0.3, -0.25) is 9.59 Å². The lowest BCUT2D eigenvalue weighted by atomic mass is 10.2. The van der Waals surface area contributed by atoms with E-state index in [4.69, 9.17) is 9.84 Å². The maximum atomic E-state index is 11.7. The van der Waals surface area contributed by atoms with Crippen LogP contribution in [0.25, 0.3) is 0 Å². The van der Waals surface area contributed by atoms with Crippen molar-refractivity contribution in [1.29, 1.82) is 0 Å². The minimum absolute atomic E-state index is 0.240. The number of carboxylic acid groups (broad SMARTS) is 1. The van der Waals surface area contributed by atoms with E-state index in [1.54, 1.807) is 24.3 Å². The number of nitrogens with one attached hydrogen (secondary N) is 1. The average Bonchev–Trinajstić information content (AvgIpc) is 3.09. The van der Waals surface area contributed by atoms with Gasteiger partial charge >= 0.3 is 5.97 Å². The van der Waals surface area contributed by atoms with E-state index in [1.165, 1.54) is 0 Å². The number of hydrogen-bond donors (Lipinski definition) is 2. The lowest BCUT2D eigenvalue weighted by Gasteiger charge is -2.07. The fourth-order valence-corrected chi connectivity index (χ4v) is 1.82. The van der Waals surface area contributed by atoms with E-state index in [1.807, 2.05) is 6.92 Å². The zero-order valence-corrected chi connectivity index (χ0v) is 10.1. The fourth-order valence-electron chi connectivity index (χ4n) is 1.82. The molecule has 1 fully saturated rings. The highest BCUT2D eigenvalue weighted by molar-refractivity contribution is 5.98.